The lowest BCUT2D eigenvalue weighted by atomic mass is 9.97. The Balaban J connectivity index is 2.04. The van der Waals surface area contributed by atoms with E-state index in [9.17, 15) is 4.79 Å². The zero-order valence-corrected chi connectivity index (χ0v) is 12.7. The van der Waals surface area contributed by atoms with E-state index < -0.39 is 0 Å². The summed E-state index contributed by atoms with van der Waals surface area (Å²) in [5.41, 5.74) is 7.38. The summed E-state index contributed by atoms with van der Waals surface area (Å²) in [6.45, 7) is 3.78. The summed E-state index contributed by atoms with van der Waals surface area (Å²) in [6, 6.07) is 8.47. The van der Waals surface area contributed by atoms with Gasteiger partial charge < -0.3 is 15.5 Å². The highest BCUT2D eigenvalue weighted by atomic mass is 16.2. The molecular formula is C16H25N3O. The van der Waals surface area contributed by atoms with E-state index >= 15 is 0 Å². The van der Waals surface area contributed by atoms with Gasteiger partial charge in [0.1, 0.15) is 0 Å². The molecule has 0 saturated carbocycles. The SMILES string of the molecule is CC1CC(N(C)C(=O)c2ccc(CN)cc2)CCN1C. The highest BCUT2D eigenvalue weighted by molar-refractivity contribution is 5.94. The first-order valence-corrected chi connectivity index (χ1v) is 7.29. The van der Waals surface area contributed by atoms with Crippen molar-refractivity contribution in [3.05, 3.63) is 35.4 Å². The largest absolute Gasteiger partial charge is 0.339 e. The quantitative estimate of drug-likeness (QED) is 0.913. The lowest BCUT2D eigenvalue weighted by Crippen LogP contribution is -2.48. The molecule has 1 aromatic carbocycles. The van der Waals surface area contributed by atoms with Crippen LogP contribution in [0.4, 0.5) is 0 Å². The summed E-state index contributed by atoms with van der Waals surface area (Å²) in [7, 11) is 4.07. The maximum Gasteiger partial charge on any atom is 0.253 e. The highest BCUT2D eigenvalue weighted by Gasteiger charge is 2.28. The predicted octanol–water partition coefficient (Wildman–Crippen LogP) is 1.70. The first kappa shape index (κ1) is 15.0. The van der Waals surface area contributed by atoms with Crippen molar-refractivity contribution < 1.29 is 4.79 Å². The number of rotatable bonds is 3. The molecule has 2 atom stereocenters. The second-order valence-electron chi connectivity index (χ2n) is 5.82. The van der Waals surface area contributed by atoms with Gasteiger partial charge in [-0.25, -0.2) is 0 Å². The molecule has 1 aliphatic heterocycles. The van der Waals surface area contributed by atoms with Gasteiger partial charge in [0.25, 0.3) is 5.91 Å². The monoisotopic (exact) mass is 275 g/mol. The second kappa shape index (κ2) is 6.37. The number of benzene rings is 1. The van der Waals surface area contributed by atoms with E-state index in [-0.39, 0.29) is 5.91 Å². The molecule has 1 fully saturated rings. The molecule has 1 aromatic rings. The Bertz CT molecular complexity index is 457. The predicted molar refractivity (Wildman–Crippen MR) is 81.5 cm³/mol. The molecule has 20 heavy (non-hydrogen) atoms. The molecule has 4 heteroatoms. The van der Waals surface area contributed by atoms with Crippen LogP contribution in [0.2, 0.25) is 0 Å². The number of likely N-dealkylation sites (tertiary alicyclic amines) is 1. The topological polar surface area (TPSA) is 49.6 Å². The fourth-order valence-electron chi connectivity index (χ4n) is 2.77. The maximum atomic E-state index is 12.5. The molecule has 1 heterocycles. The zero-order chi connectivity index (χ0) is 14.7. The van der Waals surface area contributed by atoms with Crippen LogP contribution in [-0.4, -0.2) is 48.4 Å². The first-order chi connectivity index (χ1) is 9.52. The van der Waals surface area contributed by atoms with Crippen molar-refractivity contribution in [2.45, 2.75) is 38.4 Å². The summed E-state index contributed by atoms with van der Waals surface area (Å²) in [4.78, 5) is 16.8. The number of nitrogens with zero attached hydrogens (tertiary/aromatic N) is 2. The number of amides is 1. The minimum atomic E-state index is 0.107. The third kappa shape index (κ3) is 3.19. The smallest absolute Gasteiger partial charge is 0.253 e. The summed E-state index contributed by atoms with van der Waals surface area (Å²) in [5, 5.41) is 0. The van der Waals surface area contributed by atoms with Gasteiger partial charge in [-0.15, -0.1) is 0 Å². The molecule has 1 saturated heterocycles. The zero-order valence-electron chi connectivity index (χ0n) is 12.7. The molecule has 2 unspecified atom stereocenters. The number of piperidine rings is 1. The first-order valence-electron chi connectivity index (χ1n) is 7.29. The van der Waals surface area contributed by atoms with Gasteiger partial charge >= 0.3 is 0 Å². The summed E-state index contributed by atoms with van der Waals surface area (Å²) in [6.07, 6.45) is 2.09. The molecule has 1 aliphatic rings. The minimum Gasteiger partial charge on any atom is -0.339 e. The molecule has 1 amide bonds. The average molecular weight is 275 g/mol. The van der Waals surface area contributed by atoms with Gasteiger partial charge in [-0.3, -0.25) is 4.79 Å². The van der Waals surface area contributed by atoms with Crippen LogP contribution in [0.15, 0.2) is 24.3 Å². The van der Waals surface area contributed by atoms with E-state index in [2.05, 4.69) is 18.9 Å². The third-order valence-electron chi connectivity index (χ3n) is 4.49. The van der Waals surface area contributed by atoms with Crippen LogP contribution in [-0.2, 0) is 6.54 Å². The molecule has 2 rings (SSSR count). The third-order valence-corrected chi connectivity index (χ3v) is 4.49. The van der Waals surface area contributed by atoms with E-state index in [1.54, 1.807) is 0 Å². The Morgan fingerprint density at radius 1 is 1.40 bits per heavy atom. The van der Waals surface area contributed by atoms with E-state index in [0.29, 0.717) is 18.6 Å². The van der Waals surface area contributed by atoms with Crippen LogP contribution in [0.1, 0.15) is 35.7 Å². The Morgan fingerprint density at radius 3 is 2.60 bits per heavy atom. The van der Waals surface area contributed by atoms with Gasteiger partial charge in [0.05, 0.1) is 0 Å². The fraction of sp³-hybridized carbons (Fsp3) is 0.562. The molecular weight excluding hydrogens is 250 g/mol. The summed E-state index contributed by atoms with van der Waals surface area (Å²) < 4.78 is 0. The number of carbonyl (C=O) groups excluding carboxylic acids is 1. The van der Waals surface area contributed by atoms with Crippen molar-refractivity contribution in [3.8, 4) is 0 Å². The van der Waals surface area contributed by atoms with Gasteiger partial charge in [-0.2, -0.15) is 0 Å². The molecule has 4 nitrogen and oxygen atoms in total. The average Bonchev–Trinajstić information content (AvgIpc) is 2.48. The summed E-state index contributed by atoms with van der Waals surface area (Å²) >= 11 is 0. The Kier molecular flexibility index (Phi) is 4.78. The van der Waals surface area contributed by atoms with Crippen LogP contribution in [0.5, 0.6) is 0 Å². The lowest BCUT2D eigenvalue weighted by molar-refractivity contribution is 0.0598. The number of nitrogens with two attached hydrogens (primary N) is 1. The Morgan fingerprint density at radius 2 is 2.05 bits per heavy atom. The summed E-state index contributed by atoms with van der Waals surface area (Å²) in [5.74, 6) is 0.107. The van der Waals surface area contributed by atoms with Crippen molar-refractivity contribution in [2.75, 3.05) is 20.6 Å². The standard InChI is InChI=1S/C16H25N3O/c1-12-10-15(8-9-18(12)2)19(3)16(20)14-6-4-13(11-17)5-7-14/h4-7,12,15H,8-11,17H2,1-3H3. The van der Waals surface area contributed by atoms with Crippen LogP contribution in [0, 0.1) is 0 Å². The molecule has 0 aromatic heterocycles. The van der Waals surface area contributed by atoms with E-state index in [1.807, 2.05) is 36.2 Å². The number of hydrogen-bond acceptors (Lipinski definition) is 3. The van der Waals surface area contributed by atoms with Gasteiger partial charge in [0.15, 0.2) is 0 Å². The second-order valence-corrected chi connectivity index (χ2v) is 5.82. The van der Waals surface area contributed by atoms with Crippen molar-refractivity contribution >= 4 is 5.91 Å². The van der Waals surface area contributed by atoms with Gasteiger partial charge in [-0.05, 0) is 44.5 Å². The fourth-order valence-corrected chi connectivity index (χ4v) is 2.77. The van der Waals surface area contributed by atoms with Crippen LogP contribution < -0.4 is 5.73 Å². The van der Waals surface area contributed by atoms with Crippen molar-refractivity contribution in [1.29, 1.82) is 0 Å². The van der Waals surface area contributed by atoms with Crippen molar-refractivity contribution in [2.24, 2.45) is 5.73 Å². The van der Waals surface area contributed by atoms with Crippen molar-refractivity contribution in [1.82, 2.24) is 9.80 Å². The van der Waals surface area contributed by atoms with Crippen LogP contribution >= 0.6 is 0 Å². The van der Waals surface area contributed by atoms with Gasteiger partial charge in [0, 0.05) is 37.8 Å². The molecule has 0 aliphatic carbocycles. The molecule has 110 valence electrons. The van der Waals surface area contributed by atoms with Crippen molar-refractivity contribution in [3.63, 3.8) is 0 Å². The number of carbonyl (C=O) groups is 1. The Hall–Kier alpha value is -1.39. The Labute approximate surface area is 121 Å². The van der Waals surface area contributed by atoms with Gasteiger partial charge in [-0.1, -0.05) is 12.1 Å². The molecule has 0 radical (unpaired) electrons. The van der Waals surface area contributed by atoms with Crippen LogP contribution in [0.3, 0.4) is 0 Å². The minimum absolute atomic E-state index is 0.107. The highest BCUT2D eigenvalue weighted by Crippen LogP contribution is 2.21. The number of hydrogen-bond donors (Lipinski definition) is 1. The van der Waals surface area contributed by atoms with Crippen LogP contribution in [0.25, 0.3) is 0 Å². The molecule has 2 N–H and O–H groups in total. The van der Waals surface area contributed by atoms with E-state index in [1.165, 1.54) is 0 Å². The lowest BCUT2D eigenvalue weighted by Gasteiger charge is -2.39. The molecule has 0 spiro atoms. The maximum absolute atomic E-state index is 12.5. The van der Waals surface area contributed by atoms with Gasteiger partial charge in [0.2, 0.25) is 0 Å². The van der Waals surface area contributed by atoms with E-state index in [0.717, 1.165) is 30.5 Å². The normalized spacial score (nSPS) is 23.6. The van der Waals surface area contributed by atoms with E-state index in [4.69, 9.17) is 5.73 Å². The molecule has 0 bridgehead atoms.